The van der Waals surface area contributed by atoms with Crippen LogP contribution in [0.5, 0.6) is 0 Å². The molecule has 104 valence electrons. The molecule has 4 N–H and O–H groups in total. The summed E-state index contributed by atoms with van der Waals surface area (Å²) < 4.78 is 27.2. The third kappa shape index (κ3) is 3.91. The molecule has 9 heteroatoms. The molecule has 0 saturated heterocycles. The third-order valence-electron chi connectivity index (χ3n) is 2.16. The number of esters is 1. The van der Waals surface area contributed by atoms with Crippen LogP contribution in [-0.2, 0) is 19.6 Å². The molecule has 0 aromatic heterocycles. The van der Waals surface area contributed by atoms with E-state index < -0.39 is 32.9 Å². The predicted octanol–water partition coefficient (Wildman–Crippen LogP) is 0.0180. The molecule has 0 spiro atoms. The van der Waals surface area contributed by atoms with Gasteiger partial charge in [0.15, 0.2) is 6.10 Å². The quantitative estimate of drug-likeness (QED) is 0.757. The monoisotopic (exact) mass is 306 g/mol. The number of primary sulfonamides is 1. The first-order chi connectivity index (χ1) is 8.62. The number of sulfonamides is 1. The number of benzene rings is 1. The van der Waals surface area contributed by atoms with E-state index in [4.69, 9.17) is 27.2 Å². The summed E-state index contributed by atoms with van der Waals surface area (Å²) in [4.78, 5) is 22.0. The molecule has 19 heavy (non-hydrogen) atoms. The van der Waals surface area contributed by atoms with E-state index in [1.807, 2.05) is 0 Å². The molecule has 0 aliphatic carbocycles. The summed E-state index contributed by atoms with van der Waals surface area (Å²) in [5, 5.41) is 4.81. The number of hydrogen-bond acceptors (Lipinski definition) is 5. The van der Waals surface area contributed by atoms with Crippen LogP contribution in [0.15, 0.2) is 23.1 Å². The third-order valence-corrected chi connectivity index (χ3v) is 3.55. The molecule has 0 fully saturated rings. The van der Waals surface area contributed by atoms with Crippen molar-refractivity contribution in [2.75, 3.05) is 0 Å². The Morgan fingerprint density at radius 2 is 1.95 bits per heavy atom. The van der Waals surface area contributed by atoms with Crippen molar-refractivity contribution < 1.29 is 22.7 Å². The Balaban J connectivity index is 3.10. The highest BCUT2D eigenvalue weighted by molar-refractivity contribution is 7.89. The van der Waals surface area contributed by atoms with E-state index in [1.165, 1.54) is 19.1 Å². The van der Waals surface area contributed by atoms with Gasteiger partial charge in [0.2, 0.25) is 10.0 Å². The minimum Gasteiger partial charge on any atom is -0.449 e. The molecule has 1 aromatic rings. The van der Waals surface area contributed by atoms with Gasteiger partial charge in [-0.3, -0.25) is 4.79 Å². The second-order valence-electron chi connectivity index (χ2n) is 3.64. The van der Waals surface area contributed by atoms with Gasteiger partial charge in [0.05, 0.1) is 10.6 Å². The molecule has 1 rings (SSSR count). The summed E-state index contributed by atoms with van der Waals surface area (Å²) in [5.74, 6) is -1.73. The van der Waals surface area contributed by atoms with Crippen molar-refractivity contribution in [3.05, 3.63) is 28.8 Å². The van der Waals surface area contributed by atoms with Crippen molar-refractivity contribution in [3.8, 4) is 0 Å². The van der Waals surface area contributed by atoms with Gasteiger partial charge in [-0.05, 0) is 25.1 Å². The average Bonchev–Trinajstić information content (AvgIpc) is 2.27. The van der Waals surface area contributed by atoms with Gasteiger partial charge in [-0.2, -0.15) is 0 Å². The highest BCUT2D eigenvalue weighted by Crippen LogP contribution is 2.22. The average molecular weight is 307 g/mol. The Morgan fingerprint density at radius 3 is 2.42 bits per heavy atom. The van der Waals surface area contributed by atoms with E-state index in [9.17, 15) is 18.0 Å². The number of ether oxygens (including phenoxy) is 1. The van der Waals surface area contributed by atoms with Crippen molar-refractivity contribution in [2.45, 2.75) is 17.9 Å². The smallest absolute Gasteiger partial charge is 0.338 e. The summed E-state index contributed by atoms with van der Waals surface area (Å²) in [5.41, 5.74) is 4.82. The SMILES string of the molecule is CC(OC(=O)c1ccc(Cl)c(S(N)(=O)=O)c1)C(N)=O. The maximum absolute atomic E-state index is 11.6. The van der Waals surface area contributed by atoms with Crippen molar-refractivity contribution in [1.82, 2.24) is 0 Å². The zero-order valence-corrected chi connectivity index (χ0v) is 11.4. The van der Waals surface area contributed by atoms with Crippen LogP contribution >= 0.6 is 11.6 Å². The highest BCUT2D eigenvalue weighted by atomic mass is 35.5. The summed E-state index contributed by atoms with van der Waals surface area (Å²) in [6.45, 7) is 1.29. The van der Waals surface area contributed by atoms with E-state index in [-0.39, 0.29) is 10.6 Å². The molecule has 1 unspecified atom stereocenters. The van der Waals surface area contributed by atoms with Gasteiger partial charge in [-0.15, -0.1) is 0 Å². The van der Waals surface area contributed by atoms with Crippen molar-refractivity contribution in [3.63, 3.8) is 0 Å². The summed E-state index contributed by atoms with van der Waals surface area (Å²) in [6.07, 6.45) is -1.14. The maximum atomic E-state index is 11.6. The lowest BCUT2D eigenvalue weighted by Gasteiger charge is -2.10. The Morgan fingerprint density at radius 1 is 1.37 bits per heavy atom. The van der Waals surface area contributed by atoms with Crippen LogP contribution in [0.4, 0.5) is 0 Å². The lowest BCUT2D eigenvalue weighted by molar-refractivity contribution is -0.125. The minimum atomic E-state index is -4.07. The standard InChI is InChI=1S/C10H11ClN2O5S/c1-5(9(12)14)18-10(15)6-2-3-7(11)8(4-6)19(13,16)17/h2-5H,1H3,(H2,12,14)(H2,13,16,17). The number of amides is 1. The lowest BCUT2D eigenvalue weighted by Crippen LogP contribution is -2.30. The molecule has 1 amide bonds. The number of carbonyl (C=O) groups excluding carboxylic acids is 2. The van der Waals surface area contributed by atoms with E-state index in [1.54, 1.807) is 0 Å². The Bertz CT molecular complexity index is 629. The first-order valence-corrected chi connectivity index (χ1v) is 6.88. The van der Waals surface area contributed by atoms with Gasteiger partial charge in [-0.25, -0.2) is 18.4 Å². The molecule has 1 atom stereocenters. The molecule has 0 aliphatic heterocycles. The minimum absolute atomic E-state index is 0.110. The second kappa shape index (κ2) is 5.55. The summed E-state index contributed by atoms with van der Waals surface area (Å²) in [7, 11) is -4.07. The number of rotatable bonds is 4. The molecule has 1 aromatic carbocycles. The van der Waals surface area contributed by atoms with E-state index in [0.29, 0.717) is 0 Å². The molecule has 0 heterocycles. The molecule has 0 aliphatic rings. The normalized spacial score (nSPS) is 12.8. The van der Waals surface area contributed by atoms with Crippen LogP contribution in [-0.4, -0.2) is 26.4 Å². The van der Waals surface area contributed by atoms with Crippen LogP contribution in [0.3, 0.4) is 0 Å². The van der Waals surface area contributed by atoms with E-state index in [2.05, 4.69) is 0 Å². The Labute approximate surface area is 114 Å². The first-order valence-electron chi connectivity index (χ1n) is 4.95. The van der Waals surface area contributed by atoms with Gasteiger partial charge in [0, 0.05) is 0 Å². The van der Waals surface area contributed by atoms with Crippen molar-refractivity contribution >= 4 is 33.5 Å². The van der Waals surface area contributed by atoms with Crippen LogP contribution in [0.2, 0.25) is 5.02 Å². The first kappa shape index (κ1) is 15.4. The molecule has 0 saturated carbocycles. The Hall–Kier alpha value is -1.64. The molecule has 0 bridgehead atoms. The molecule has 0 radical (unpaired) electrons. The number of primary amides is 1. The van der Waals surface area contributed by atoms with Gasteiger partial charge in [0.1, 0.15) is 4.90 Å². The van der Waals surface area contributed by atoms with Gasteiger partial charge < -0.3 is 10.5 Å². The molecular formula is C10H11ClN2O5S. The van der Waals surface area contributed by atoms with E-state index in [0.717, 1.165) is 6.07 Å². The fourth-order valence-corrected chi connectivity index (χ4v) is 2.21. The van der Waals surface area contributed by atoms with Crippen LogP contribution in [0, 0.1) is 0 Å². The lowest BCUT2D eigenvalue weighted by atomic mass is 10.2. The maximum Gasteiger partial charge on any atom is 0.338 e. The summed E-state index contributed by atoms with van der Waals surface area (Å²) in [6, 6.07) is 3.40. The summed E-state index contributed by atoms with van der Waals surface area (Å²) >= 11 is 5.66. The molecule has 7 nitrogen and oxygen atoms in total. The molecular weight excluding hydrogens is 296 g/mol. The van der Waals surface area contributed by atoms with Gasteiger partial charge in [0.25, 0.3) is 5.91 Å². The number of nitrogens with two attached hydrogens (primary N) is 2. The van der Waals surface area contributed by atoms with Crippen molar-refractivity contribution in [2.24, 2.45) is 10.9 Å². The Kier molecular flexibility index (Phi) is 4.51. The number of halogens is 1. The van der Waals surface area contributed by atoms with Crippen LogP contribution in [0.1, 0.15) is 17.3 Å². The number of hydrogen-bond donors (Lipinski definition) is 2. The van der Waals surface area contributed by atoms with Gasteiger partial charge >= 0.3 is 5.97 Å². The van der Waals surface area contributed by atoms with Crippen LogP contribution in [0.25, 0.3) is 0 Å². The fourth-order valence-electron chi connectivity index (χ4n) is 1.14. The van der Waals surface area contributed by atoms with Gasteiger partial charge in [-0.1, -0.05) is 11.6 Å². The largest absolute Gasteiger partial charge is 0.449 e. The topological polar surface area (TPSA) is 130 Å². The number of carbonyl (C=O) groups is 2. The van der Waals surface area contributed by atoms with E-state index >= 15 is 0 Å². The van der Waals surface area contributed by atoms with Crippen LogP contribution < -0.4 is 10.9 Å². The van der Waals surface area contributed by atoms with Crippen molar-refractivity contribution in [1.29, 1.82) is 0 Å². The fraction of sp³-hybridized carbons (Fsp3) is 0.200. The predicted molar refractivity (Wildman–Crippen MR) is 66.9 cm³/mol. The highest BCUT2D eigenvalue weighted by Gasteiger charge is 2.20. The zero-order valence-electron chi connectivity index (χ0n) is 9.79. The zero-order chi connectivity index (χ0) is 14.8. The second-order valence-corrected chi connectivity index (χ2v) is 5.58.